The smallest absolute Gasteiger partial charge is 0.156 e. The summed E-state index contributed by atoms with van der Waals surface area (Å²) in [7, 11) is 0. The number of hydrogen-bond donors (Lipinski definition) is 1. The van der Waals surface area contributed by atoms with E-state index >= 15 is 0 Å². The highest BCUT2D eigenvalue weighted by molar-refractivity contribution is 7.10. The van der Waals surface area contributed by atoms with Crippen molar-refractivity contribution < 1.29 is 4.79 Å². The summed E-state index contributed by atoms with van der Waals surface area (Å²) in [5, 5.41) is 2.82. The number of hydrogen-bond acceptors (Lipinski definition) is 4. The van der Waals surface area contributed by atoms with Crippen LogP contribution in [0.15, 0.2) is 66.0 Å². The van der Waals surface area contributed by atoms with Crippen LogP contribution in [0.25, 0.3) is 11.3 Å². The third-order valence-electron chi connectivity index (χ3n) is 3.95. The Balaban J connectivity index is 1.55. The quantitative estimate of drug-likeness (QED) is 0.712. The lowest BCUT2D eigenvalue weighted by atomic mass is 10.0. The molecule has 0 saturated heterocycles. The van der Waals surface area contributed by atoms with Gasteiger partial charge in [-0.2, -0.15) is 0 Å². The van der Waals surface area contributed by atoms with Crippen LogP contribution in [0.3, 0.4) is 0 Å². The Bertz CT molecular complexity index is 784. The van der Waals surface area contributed by atoms with Gasteiger partial charge in [-0.15, -0.1) is 11.3 Å². The molecule has 0 aliphatic carbocycles. The second-order valence-corrected chi connectivity index (χ2v) is 6.71. The highest BCUT2D eigenvalue weighted by atomic mass is 32.1. The van der Waals surface area contributed by atoms with Crippen LogP contribution in [0, 0.1) is 0 Å². The van der Waals surface area contributed by atoms with E-state index in [-0.39, 0.29) is 5.78 Å². The summed E-state index contributed by atoms with van der Waals surface area (Å²) in [6, 6.07) is 19.7. The molecule has 0 aliphatic rings. The maximum atomic E-state index is 12.3. The first-order valence-electron chi connectivity index (χ1n) is 8.04. The number of thiazole rings is 1. The van der Waals surface area contributed by atoms with E-state index in [0.29, 0.717) is 12.8 Å². The summed E-state index contributed by atoms with van der Waals surface area (Å²) in [5.41, 5.74) is 9.26. The van der Waals surface area contributed by atoms with Gasteiger partial charge in [-0.3, -0.25) is 4.79 Å². The lowest BCUT2D eigenvalue weighted by Crippen LogP contribution is -2.32. The van der Waals surface area contributed by atoms with Crippen LogP contribution in [-0.2, 0) is 17.6 Å². The monoisotopic (exact) mass is 336 g/mol. The van der Waals surface area contributed by atoms with Crippen molar-refractivity contribution in [1.29, 1.82) is 0 Å². The van der Waals surface area contributed by atoms with Gasteiger partial charge in [0.05, 0.1) is 18.2 Å². The molecule has 122 valence electrons. The molecule has 0 spiro atoms. The second kappa shape index (κ2) is 7.99. The van der Waals surface area contributed by atoms with Crippen molar-refractivity contribution >= 4 is 17.1 Å². The molecule has 0 bridgehead atoms. The minimum absolute atomic E-state index is 0.0555. The standard InChI is InChI=1S/C20H20N2OS/c21-17(12-11-15-7-3-1-4-8-15)19(23)13-20-22-18(14-24-20)16-9-5-2-6-10-16/h1-10,14,17H,11-13,21H2/t17-/m0/s1. The average Bonchev–Trinajstić information content (AvgIpc) is 3.10. The van der Waals surface area contributed by atoms with Gasteiger partial charge in [-0.1, -0.05) is 60.7 Å². The number of carbonyl (C=O) groups is 1. The molecule has 0 amide bonds. The van der Waals surface area contributed by atoms with Crippen LogP contribution in [0.5, 0.6) is 0 Å². The maximum absolute atomic E-state index is 12.3. The molecule has 0 unspecified atom stereocenters. The minimum atomic E-state index is -0.436. The fraction of sp³-hybridized carbons (Fsp3) is 0.200. The van der Waals surface area contributed by atoms with Gasteiger partial charge in [0.2, 0.25) is 0 Å². The van der Waals surface area contributed by atoms with Crippen LogP contribution >= 0.6 is 11.3 Å². The summed E-state index contributed by atoms with van der Waals surface area (Å²) >= 11 is 1.52. The maximum Gasteiger partial charge on any atom is 0.156 e. The molecule has 4 heteroatoms. The number of Topliss-reactive ketones (excluding diaryl/α,β-unsaturated/α-hetero) is 1. The molecular formula is C20H20N2OS. The first kappa shape index (κ1) is 16.6. The second-order valence-electron chi connectivity index (χ2n) is 5.77. The molecule has 24 heavy (non-hydrogen) atoms. The molecule has 2 N–H and O–H groups in total. The van der Waals surface area contributed by atoms with Gasteiger partial charge in [0.25, 0.3) is 0 Å². The Labute approximate surface area is 146 Å². The summed E-state index contributed by atoms with van der Waals surface area (Å²) < 4.78 is 0. The van der Waals surface area contributed by atoms with Crippen LogP contribution < -0.4 is 5.73 Å². The predicted octanol–water partition coefficient (Wildman–Crippen LogP) is 3.88. The van der Waals surface area contributed by atoms with E-state index in [1.807, 2.05) is 53.9 Å². The third-order valence-corrected chi connectivity index (χ3v) is 4.80. The van der Waals surface area contributed by atoms with Crippen molar-refractivity contribution in [3.05, 3.63) is 76.6 Å². The van der Waals surface area contributed by atoms with Crippen molar-refractivity contribution in [3.63, 3.8) is 0 Å². The van der Waals surface area contributed by atoms with E-state index < -0.39 is 6.04 Å². The highest BCUT2D eigenvalue weighted by Gasteiger charge is 2.16. The normalized spacial score (nSPS) is 12.0. The molecule has 3 nitrogen and oxygen atoms in total. The van der Waals surface area contributed by atoms with Crippen LogP contribution in [0.2, 0.25) is 0 Å². The van der Waals surface area contributed by atoms with Crippen LogP contribution in [0.1, 0.15) is 17.0 Å². The zero-order valence-corrected chi connectivity index (χ0v) is 14.2. The average molecular weight is 336 g/mol. The van der Waals surface area contributed by atoms with Crippen molar-refractivity contribution in [2.24, 2.45) is 5.73 Å². The van der Waals surface area contributed by atoms with Crippen LogP contribution in [-0.4, -0.2) is 16.8 Å². The van der Waals surface area contributed by atoms with Crippen molar-refractivity contribution in [3.8, 4) is 11.3 Å². The summed E-state index contributed by atoms with van der Waals surface area (Å²) in [5.74, 6) is 0.0555. The van der Waals surface area contributed by atoms with E-state index in [9.17, 15) is 4.79 Å². The van der Waals surface area contributed by atoms with Gasteiger partial charge in [0.1, 0.15) is 5.01 Å². The number of nitrogens with two attached hydrogens (primary N) is 1. The topological polar surface area (TPSA) is 56.0 Å². The number of aromatic nitrogens is 1. The fourth-order valence-corrected chi connectivity index (χ4v) is 3.35. The fourth-order valence-electron chi connectivity index (χ4n) is 2.54. The molecule has 0 aliphatic heterocycles. The molecule has 1 heterocycles. The number of aryl methyl sites for hydroxylation is 1. The molecule has 0 saturated carbocycles. The lowest BCUT2D eigenvalue weighted by molar-refractivity contribution is -0.119. The molecule has 0 radical (unpaired) electrons. The molecule has 0 fully saturated rings. The van der Waals surface area contributed by atoms with Gasteiger partial charge < -0.3 is 5.73 Å². The van der Waals surface area contributed by atoms with E-state index in [2.05, 4.69) is 17.1 Å². The van der Waals surface area contributed by atoms with E-state index in [1.54, 1.807) is 0 Å². The van der Waals surface area contributed by atoms with Gasteiger partial charge >= 0.3 is 0 Å². The zero-order valence-electron chi connectivity index (χ0n) is 13.4. The van der Waals surface area contributed by atoms with Crippen molar-refractivity contribution in [1.82, 2.24) is 4.98 Å². The van der Waals surface area contributed by atoms with Gasteiger partial charge in [0.15, 0.2) is 5.78 Å². The van der Waals surface area contributed by atoms with Gasteiger partial charge in [-0.05, 0) is 18.4 Å². The first-order valence-corrected chi connectivity index (χ1v) is 8.92. The number of nitrogens with zero attached hydrogens (tertiary/aromatic N) is 1. The predicted molar refractivity (Wildman–Crippen MR) is 99.0 cm³/mol. The third kappa shape index (κ3) is 4.37. The van der Waals surface area contributed by atoms with E-state index in [1.165, 1.54) is 16.9 Å². The molecule has 1 atom stereocenters. The summed E-state index contributed by atoms with van der Waals surface area (Å²) in [4.78, 5) is 16.9. The largest absolute Gasteiger partial charge is 0.321 e. The molecule has 1 aromatic heterocycles. The van der Waals surface area contributed by atoms with E-state index in [4.69, 9.17) is 5.73 Å². The van der Waals surface area contributed by atoms with E-state index in [0.717, 1.165) is 22.7 Å². The van der Waals surface area contributed by atoms with Crippen molar-refractivity contribution in [2.75, 3.05) is 0 Å². The lowest BCUT2D eigenvalue weighted by Gasteiger charge is -2.09. The zero-order chi connectivity index (χ0) is 16.8. The van der Waals surface area contributed by atoms with Crippen molar-refractivity contribution in [2.45, 2.75) is 25.3 Å². The molecule has 3 rings (SSSR count). The number of ketones is 1. The Kier molecular flexibility index (Phi) is 5.51. The van der Waals surface area contributed by atoms with Gasteiger partial charge in [0, 0.05) is 10.9 Å². The minimum Gasteiger partial charge on any atom is -0.321 e. The van der Waals surface area contributed by atoms with Gasteiger partial charge in [-0.25, -0.2) is 4.98 Å². The molecule has 2 aromatic carbocycles. The Hall–Kier alpha value is -2.30. The summed E-state index contributed by atoms with van der Waals surface area (Å²) in [6.45, 7) is 0. The Morgan fingerprint density at radius 3 is 2.42 bits per heavy atom. The number of rotatable bonds is 7. The first-order chi connectivity index (χ1) is 11.7. The number of carbonyl (C=O) groups excluding carboxylic acids is 1. The van der Waals surface area contributed by atoms with Crippen LogP contribution in [0.4, 0.5) is 0 Å². The molecular weight excluding hydrogens is 316 g/mol. The highest BCUT2D eigenvalue weighted by Crippen LogP contribution is 2.22. The molecule has 3 aromatic rings. The SMILES string of the molecule is N[C@@H](CCc1ccccc1)C(=O)Cc1nc(-c2ccccc2)cs1. The summed E-state index contributed by atoms with van der Waals surface area (Å²) in [6.07, 6.45) is 1.80. The Morgan fingerprint density at radius 2 is 1.71 bits per heavy atom. The Morgan fingerprint density at radius 1 is 1.04 bits per heavy atom. The number of benzene rings is 2.